The minimum absolute atomic E-state index is 0.0479. The Morgan fingerprint density at radius 2 is 1.88 bits per heavy atom. The van der Waals surface area contributed by atoms with Crippen LogP contribution in [0, 0.1) is 0 Å². The Balaban J connectivity index is 1.92. The van der Waals surface area contributed by atoms with Crippen LogP contribution in [0.3, 0.4) is 0 Å². The van der Waals surface area contributed by atoms with E-state index in [0.717, 1.165) is 0 Å². The number of methoxy groups -OCH3 is 1. The molecule has 1 saturated heterocycles. The molecule has 10 nitrogen and oxygen atoms in total. The highest BCUT2D eigenvalue weighted by Gasteiger charge is 2.44. The van der Waals surface area contributed by atoms with Crippen molar-refractivity contribution < 1.29 is 44.2 Å². The lowest BCUT2D eigenvalue weighted by atomic mass is 9.99. The van der Waals surface area contributed by atoms with Crippen LogP contribution in [0.5, 0.6) is 17.2 Å². The molecule has 1 fully saturated rings. The smallest absolute Gasteiger partial charge is 0.382 e. The van der Waals surface area contributed by atoms with E-state index < -0.39 is 48.7 Å². The van der Waals surface area contributed by atoms with Gasteiger partial charge in [0.25, 0.3) is 0 Å². The highest BCUT2D eigenvalue weighted by molar-refractivity contribution is 5.86. The van der Waals surface area contributed by atoms with E-state index in [-0.39, 0.29) is 17.1 Å². The summed E-state index contributed by atoms with van der Waals surface area (Å²) < 4.78 is 20.7. The zero-order valence-corrected chi connectivity index (χ0v) is 13.6. The van der Waals surface area contributed by atoms with E-state index in [4.69, 9.17) is 18.6 Å². The molecule has 0 radical (unpaired) electrons. The van der Waals surface area contributed by atoms with Crippen molar-refractivity contribution in [3.8, 4) is 17.2 Å². The van der Waals surface area contributed by atoms with Crippen molar-refractivity contribution in [3.63, 3.8) is 0 Å². The fourth-order valence-corrected chi connectivity index (χ4v) is 2.72. The van der Waals surface area contributed by atoms with E-state index >= 15 is 0 Å². The number of hydrogen-bond donors (Lipinski definition) is 5. The monoisotopic (exact) mass is 370 g/mol. The van der Waals surface area contributed by atoms with Crippen LogP contribution in [0.25, 0.3) is 11.0 Å². The first-order valence-electron chi connectivity index (χ1n) is 7.68. The van der Waals surface area contributed by atoms with Crippen LogP contribution in [-0.2, 0) is 4.74 Å². The summed E-state index contributed by atoms with van der Waals surface area (Å²) in [7, 11) is 1.28. The molecule has 0 unspecified atom stereocenters. The Bertz CT molecular complexity index is 845. The minimum Gasteiger partial charge on any atom is -0.499 e. The molecule has 0 saturated carbocycles. The van der Waals surface area contributed by atoms with Gasteiger partial charge in [0.2, 0.25) is 12.0 Å². The van der Waals surface area contributed by atoms with Crippen molar-refractivity contribution in [2.24, 2.45) is 0 Å². The second-order valence-electron chi connectivity index (χ2n) is 5.74. The van der Waals surface area contributed by atoms with Gasteiger partial charge in [0.05, 0.1) is 19.1 Å². The summed E-state index contributed by atoms with van der Waals surface area (Å²) in [5, 5.41) is 48.7. The summed E-state index contributed by atoms with van der Waals surface area (Å²) in [5.74, 6) is -0.615. The predicted octanol–water partition coefficient (Wildman–Crippen LogP) is -1.31. The molecular formula is C16H18O10. The summed E-state index contributed by atoms with van der Waals surface area (Å²) in [6.07, 6.45) is -7.16. The van der Waals surface area contributed by atoms with Crippen LogP contribution in [0.1, 0.15) is 0 Å². The first-order chi connectivity index (χ1) is 12.4. The Kier molecular flexibility index (Phi) is 5.03. The number of aliphatic hydroxyl groups excluding tert-OH is 4. The molecule has 142 valence electrons. The maximum absolute atomic E-state index is 11.6. The van der Waals surface area contributed by atoms with Crippen molar-refractivity contribution >= 4 is 11.0 Å². The fourth-order valence-electron chi connectivity index (χ4n) is 2.72. The molecule has 10 heteroatoms. The van der Waals surface area contributed by atoms with Crippen LogP contribution < -0.4 is 15.1 Å². The molecule has 1 aliphatic rings. The lowest BCUT2D eigenvalue weighted by molar-refractivity contribution is -0.277. The molecule has 1 aliphatic heterocycles. The Morgan fingerprint density at radius 3 is 2.54 bits per heavy atom. The number of ether oxygens (including phenoxy) is 3. The maximum atomic E-state index is 11.6. The molecule has 0 bridgehead atoms. The third kappa shape index (κ3) is 3.08. The standard InChI is InChI=1S/C16H18O10/c1-23-14-7-3-2-6(4-8(7)25-15(22)13(14)21)24-16-12(20)11(19)10(18)9(5-17)26-16/h2-4,9-12,16-21H,5H2,1H3/t9-,10+,11+,12-,16-/m1/s1. The average molecular weight is 370 g/mol. The van der Waals surface area contributed by atoms with E-state index in [1.165, 1.54) is 25.3 Å². The molecule has 3 rings (SSSR count). The Labute approximate surface area is 146 Å². The largest absolute Gasteiger partial charge is 0.499 e. The van der Waals surface area contributed by atoms with Crippen LogP contribution in [0.4, 0.5) is 0 Å². The summed E-state index contributed by atoms with van der Waals surface area (Å²) in [6, 6.07) is 4.20. The topological polar surface area (TPSA) is 159 Å². The van der Waals surface area contributed by atoms with Gasteiger partial charge in [-0.15, -0.1) is 0 Å². The van der Waals surface area contributed by atoms with E-state index in [9.17, 15) is 30.3 Å². The zero-order chi connectivity index (χ0) is 19.0. The van der Waals surface area contributed by atoms with Crippen molar-refractivity contribution in [2.75, 3.05) is 13.7 Å². The number of rotatable bonds is 4. The van der Waals surface area contributed by atoms with Gasteiger partial charge in [-0.05, 0) is 12.1 Å². The third-order valence-electron chi connectivity index (χ3n) is 4.11. The number of fused-ring (bicyclic) bond motifs is 1. The molecule has 2 heterocycles. The highest BCUT2D eigenvalue weighted by Crippen LogP contribution is 2.34. The van der Waals surface area contributed by atoms with Gasteiger partial charge in [0.15, 0.2) is 5.75 Å². The molecule has 26 heavy (non-hydrogen) atoms. The summed E-state index contributed by atoms with van der Waals surface area (Å²) >= 11 is 0. The molecule has 5 atom stereocenters. The van der Waals surface area contributed by atoms with Crippen molar-refractivity contribution in [3.05, 3.63) is 28.6 Å². The lowest BCUT2D eigenvalue weighted by Gasteiger charge is -2.39. The second kappa shape index (κ2) is 7.09. The second-order valence-corrected chi connectivity index (χ2v) is 5.74. The van der Waals surface area contributed by atoms with Crippen molar-refractivity contribution in [1.29, 1.82) is 0 Å². The van der Waals surface area contributed by atoms with Gasteiger partial charge >= 0.3 is 5.63 Å². The summed E-state index contributed by atoms with van der Waals surface area (Å²) in [6.45, 7) is -0.589. The quantitative estimate of drug-likeness (QED) is 0.409. The van der Waals surface area contributed by atoms with Crippen LogP contribution in [-0.4, -0.2) is 70.0 Å². The van der Waals surface area contributed by atoms with E-state index in [0.29, 0.717) is 5.39 Å². The molecule has 0 amide bonds. The maximum Gasteiger partial charge on any atom is 0.382 e. The first-order valence-corrected chi connectivity index (χ1v) is 7.68. The predicted molar refractivity (Wildman–Crippen MR) is 85.1 cm³/mol. The highest BCUT2D eigenvalue weighted by atomic mass is 16.7. The zero-order valence-electron chi connectivity index (χ0n) is 13.6. The number of benzene rings is 1. The first kappa shape index (κ1) is 18.4. The summed E-state index contributed by atoms with van der Waals surface area (Å²) in [5.41, 5.74) is -0.953. The molecular weight excluding hydrogens is 352 g/mol. The number of hydrogen-bond acceptors (Lipinski definition) is 10. The minimum atomic E-state index is -1.58. The van der Waals surface area contributed by atoms with E-state index in [1.54, 1.807) is 0 Å². The van der Waals surface area contributed by atoms with E-state index in [1.807, 2.05) is 0 Å². The number of aliphatic hydroxyl groups is 4. The molecule has 0 spiro atoms. The molecule has 1 aromatic heterocycles. The third-order valence-corrected chi connectivity index (χ3v) is 4.11. The Morgan fingerprint density at radius 1 is 1.15 bits per heavy atom. The normalized spacial score (nSPS) is 28.9. The van der Waals surface area contributed by atoms with Crippen LogP contribution in [0.2, 0.25) is 0 Å². The van der Waals surface area contributed by atoms with Crippen LogP contribution in [0.15, 0.2) is 27.4 Å². The van der Waals surface area contributed by atoms with Gasteiger partial charge in [0, 0.05) is 6.07 Å². The van der Waals surface area contributed by atoms with Crippen molar-refractivity contribution in [1.82, 2.24) is 0 Å². The lowest BCUT2D eigenvalue weighted by Crippen LogP contribution is -2.60. The molecule has 5 N–H and O–H groups in total. The Hall–Kier alpha value is -2.37. The molecule has 2 aromatic rings. The van der Waals surface area contributed by atoms with Crippen LogP contribution >= 0.6 is 0 Å². The van der Waals surface area contributed by atoms with Gasteiger partial charge in [-0.2, -0.15) is 0 Å². The average Bonchev–Trinajstić information content (AvgIpc) is 2.63. The van der Waals surface area contributed by atoms with Gasteiger partial charge in [-0.1, -0.05) is 0 Å². The van der Waals surface area contributed by atoms with E-state index in [2.05, 4.69) is 0 Å². The van der Waals surface area contributed by atoms with Crippen molar-refractivity contribution in [2.45, 2.75) is 30.7 Å². The molecule has 0 aliphatic carbocycles. The number of aromatic hydroxyl groups is 1. The molecule has 1 aromatic carbocycles. The van der Waals surface area contributed by atoms with Gasteiger partial charge in [-0.25, -0.2) is 4.79 Å². The van der Waals surface area contributed by atoms with Gasteiger partial charge in [-0.3, -0.25) is 0 Å². The fraction of sp³-hybridized carbons (Fsp3) is 0.438. The SMILES string of the molecule is COc1c(O)c(=O)oc2cc(O[C@@H]3O[C@H](CO)[C@H](O)[C@H](O)[C@H]3O)ccc12. The van der Waals surface area contributed by atoms with Gasteiger partial charge < -0.3 is 44.2 Å². The summed E-state index contributed by atoms with van der Waals surface area (Å²) in [4.78, 5) is 11.6. The van der Waals surface area contributed by atoms with Gasteiger partial charge in [0.1, 0.15) is 35.7 Å².